The molecule has 2 N–H and O–H groups in total. The Labute approximate surface area is 71.8 Å². The van der Waals surface area contributed by atoms with E-state index in [1.807, 2.05) is 11.8 Å². The number of carboxylic acid groups (broad SMARTS) is 1. The highest BCUT2D eigenvalue weighted by Gasteiger charge is 2.36. The van der Waals surface area contributed by atoms with Crippen molar-refractivity contribution in [3.63, 3.8) is 0 Å². The number of hydrogen-bond donors (Lipinski definition) is 2. The molecule has 4 heteroatoms. The summed E-state index contributed by atoms with van der Waals surface area (Å²) in [6, 6.07) is 0.0700. The van der Waals surface area contributed by atoms with Gasteiger partial charge in [0, 0.05) is 19.1 Å². The maximum absolute atomic E-state index is 10.4. The number of likely N-dealkylation sites (tertiary alicyclic amines) is 1. The van der Waals surface area contributed by atoms with Gasteiger partial charge < -0.3 is 10.2 Å². The number of aliphatic carboxylic acids is 1. The molecule has 0 aromatic carbocycles. The molecule has 1 fully saturated rings. The van der Waals surface area contributed by atoms with Crippen molar-refractivity contribution in [2.45, 2.75) is 26.0 Å². The van der Waals surface area contributed by atoms with Gasteiger partial charge in [-0.05, 0) is 13.8 Å². The Balaban J connectivity index is 2.29. The van der Waals surface area contributed by atoms with E-state index >= 15 is 0 Å². The monoisotopic (exact) mass is 173 g/mol. The predicted molar refractivity (Wildman–Crippen MR) is 43.8 cm³/mol. The number of hydrogen-bond acceptors (Lipinski definition) is 3. The number of carboxylic acids is 1. The number of aliphatic hydroxyl groups is 1. The molecule has 0 radical (unpaired) electrons. The Bertz CT molecular complexity index is 175. The van der Waals surface area contributed by atoms with E-state index in [1.165, 1.54) is 0 Å². The third-order valence-corrected chi connectivity index (χ3v) is 2.53. The summed E-state index contributed by atoms with van der Waals surface area (Å²) in [5.41, 5.74) is 0. The maximum Gasteiger partial charge on any atom is 0.309 e. The Morgan fingerprint density at radius 3 is 2.33 bits per heavy atom. The van der Waals surface area contributed by atoms with E-state index < -0.39 is 5.97 Å². The van der Waals surface area contributed by atoms with Crippen LogP contribution < -0.4 is 0 Å². The van der Waals surface area contributed by atoms with Crippen LogP contribution in [0.1, 0.15) is 13.8 Å². The van der Waals surface area contributed by atoms with Gasteiger partial charge in [0.05, 0.1) is 12.0 Å². The molecule has 1 aliphatic heterocycles. The molecule has 0 bridgehead atoms. The summed E-state index contributed by atoms with van der Waals surface area (Å²) in [6.07, 6.45) is -0.389. The molecule has 0 amide bonds. The Hall–Kier alpha value is -0.610. The highest BCUT2D eigenvalue weighted by molar-refractivity contribution is 5.71. The first-order chi connectivity index (χ1) is 5.52. The smallest absolute Gasteiger partial charge is 0.309 e. The van der Waals surface area contributed by atoms with Crippen LogP contribution in [0.25, 0.3) is 0 Å². The minimum atomic E-state index is -0.732. The molecule has 0 saturated carbocycles. The van der Waals surface area contributed by atoms with Crippen LogP contribution in [0.4, 0.5) is 0 Å². The van der Waals surface area contributed by atoms with Crippen molar-refractivity contribution in [1.29, 1.82) is 0 Å². The summed E-state index contributed by atoms with van der Waals surface area (Å²) in [4.78, 5) is 12.4. The Kier molecular flexibility index (Phi) is 2.69. The quantitative estimate of drug-likeness (QED) is 0.619. The molecule has 1 heterocycles. The molecule has 4 nitrogen and oxygen atoms in total. The van der Waals surface area contributed by atoms with Gasteiger partial charge in [0.15, 0.2) is 0 Å². The Morgan fingerprint density at radius 2 is 2.00 bits per heavy atom. The van der Waals surface area contributed by atoms with E-state index in [0.29, 0.717) is 13.1 Å². The normalized spacial score (nSPS) is 24.6. The van der Waals surface area contributed by atoms with Gasteiger partial charge in [-0.1, -0.05) is 0 Å². The van der Waals surface area contributed by atoms with Gasteiger partial charge in [0.25, 0.3) is 0 Å². The van der Waals surface area contributed by atoms with E-state index in [4.69, 9.17) is 5.11 Å². The fraction of sp³-hybridized carbons (Fsp3) is 0.875. The standard InChI is InChI=1S/C8H15NO3/c1-5(6(2)10)9-3-7(4-9)8(11)12/h5-7,10H,3-4H2,1-2H3,(H,11,12). The molecule has 12 heavy (non-hydrogen) atoms. The van der Waals surface area contributed by atoms with Crippen molar-refractivity contribution in [2.24, 2.45) is 5.92 Å². The zero-order chi connectivity index (χ0) is 9.30. The molecule has 1 rings (SSSR count). The van der Waals surface area contributed by atoms with Gasteiger partial charge in [-0.3, -0.25) is 9.69 Å². The van der Waals surface area contributed by atoms with Gasteiger partial charge >= 0.3 is 5.97 Å². The van der Waals surface area contributed by atoms with Gasteiger partial charge in [-0.25, -0.2) is 0 Å². The van der Waals surface area contributed by atoms with Crippen LogP contribution in [0.3, 0.4) is 0 Å². The fourth-order valence-corrected chi connectivity index (χ4v) is 1.31. The zero-order valence-electron chi connectivity index (χ0n) is 7.40. The van der Waals surface area contributed by atoms with Gasteiger partial charge in [-0.15, -0.1) is 0 Å². The van der Waals surface area contributed by atoms with Crippen molar-refractivity contribution < 1.29 is 15.0 Å². The minimum absolute atomic E-state index is 0.0700. The third-order valence-electron chi connectivity index (χ3n) is 2.53. The second-order valence-corrected chi connectivity index (χ2v) is 3.47. The molecule has 2 unspecified atom stereocenters. The summed E-state index contributed by atoms with van der Waals surface area (Å²) >= 11 is 0. The van der Waals surface area contributed by atoms with Crippen LogP contribution in [0.5, 0.6) is 0 Å². The minimum Gasteiger partial charge on any atom is -0.481 e. The highest BCUT2D eigenvalue weighted by atomic mass is 16.4. The maximum atomic E-state index is 10.4. The number of aliphatic hydroxyl groups excluding tert-OH is 1. The van der Waals surface area contributed by atoms with Crippen molar-refractivity contribution in [2.75, 3.05) is 13.1 Å². The summed E-state index contributed by atoms with van der Waals surface area (Å²) in [6.45, 7) is 4.77. The van der Waals surface area contributed by atoms with Crippen molar-refractivity contribution >= 4 is 5.97 Å². The van der Waals surface area contributed by atoms with Crippen LogP contribution >= 0.6 is 0 Å². The van der Waals surface area contributed by atoms with E-state index in [0.717, 1.165) is 0 Å². The summed E-state index contributed by atoms with van der Waals surface area (Å²) in [5.74, 6) is -0.963. The molecular formula is C8H15NO3. The van der Waals surface area contributed by atoms with Crippen LogP contribution in [0.15, 0.2) is 0 Å². The van der Waals surface area contributed by atoms with Crippen LogP contribution in [0, 0.1) is 5.92 Å². The van der Waals surface area contributed by atoms with Crippen LogP contribution in [-0.4, -0.2) is 46.3 Å². The molecule has 2 atom stereocenters. The first kappa shape index (κ1) is 9.48. The van der Waals surface area contributed by atoms with Crippen molar-refractivity contribution in [3.8, 4) is 0 Å². The van der Waals surface area contributed by atoms with Gasteiger partial charge in [0.2, 0.25) is 0 Å². The number of rotatable bonds is 3. The van der Waals surface area contributed by atoms with E-state index in [-0.39, 0.29) is 18.1 Å². The summed E-state index contributed by atoms with van der Waals surface area (Å²) in [7, 11) is 0. The first-order valence-electron chi connectivity index (χ1n) is 4.17. The second kappa shape index (κ2) is 3.41. The third kappa shape index (κ3) is 1.76. The topological polar surface area (TPSA) is 60.8 Å². The Morgan fingerprint density at radius 1 is 1.50 bits per heavy atom. The van der Waals surface area contributed by atoms with Crippen LogP contribution in [0.2, 0.25) is 0 Å². The molecule has 0 aromatic rings. The lowest BCUT2D eigenvalue weighted by molar-refractivity contribution is -0.149. The zero-order valence-corrected chi connectivity index (χ0v) is 7.40. The molecular weight excluding hydrogens is 158 g/mol. The SMILES string of the molecule is CC(O)C(C)N1CC(C(=O)O)C1. The predicted octanol–water partition coefficient (Wildman–Crippen LogP) is -0.228. The van der Waals surface area contributed by atoms with E-state index in [1.54, 1.807) is 6.92 Å². The van der Waals surface area contributed by atoms with Crippen LogP contribution in [-0.2, 0) is 4.79 Å². The van der Waals surface area contributed by atoms with Crippen molar-refractivity contribution in [3.05, 3.63) is 0 Å². The lowest BCUT2D eigenvalue weighted by atomic mass is 9.97. The summed E-state index contributed by atoms with van der Waals surface area (Å²) in [5, 5.41) is 17.8. The van der Waals surface area contributed by atoms with Crippen molar-refractivity contribution in [1.82, 2.24) is 4.90 Å². The lowest BCUT2D eigenvalue weighted by Crippen LogP contribution is -2.56. The average Bonchev–Trinajstić information content (AvgIpc) is 1.82. The number of nitrogens with zero attached hydrogens (tertiary/aromatic N) is 1. The summed E-state index contributed by atoms with van der Waals surface area (Å²) < 4.78 is 0. The van der Waals surface area contributed by atoms with Gasteiger partial charge in [0.1, 0.15) is 0 Å². The van der Waals surface area contributed by atoms with E-state index in [2.05, 4.69) is 0 Å². The molecule has 1 aliphatic rings. The first-order valence-corrected chi connectivity index (χ1v) is 4.17. The molecule has 1 saturated heterocycles. The van der Waals surface area contributed by atoms with Gasteiger partial charge in [-0.2, -0.15) is 0 Å². The molecule has 0 aromatic heterocycles. The largest absolute Gasteiger partial charge is 0.481 e. The molecule has 70 valence electrons. The fourth-order valence-electron chi connectivity index (χ4n) is 1.31. The second-order valence-electron chi connectivity index (χ2n) is 3.47. The molecule has 0 aliphatic carbocycles. The average molecular weight is 173 g/mol. The number of carbonyl (C=O) groups is 1. The highest BCUT2D eigenvalue weighted by Crippen LogP contribution is 2.19. The lowest BCUT2D eigenvalue weighted by Gasteiger charge is -2.42. The van der Waals surface area contributed by atoms with E-state index in [9.17, 15) is 9.90 Å². The molecule has 0 spiro atoms.